The molecule has 3 heteroatoms. The van der Waals surface area contributed by atoms with Crippen LogP contribution in [0, 0.1) is 6.07 Å². The maximum absolute atomic E-state index is 6.09. The Balaban J connectivity index is 0.00000169. The molecule has 0 unspecified atom stereocenters. The maximum atomic E-state index is 6.09. The Bertz CT molecular complexity index is 1010. The molecule has 4 rings (SSSR count). The molecule has 0 aliphatic heterocycles. The summed E-state index contributed by atoms with van der Waals surface area (Å²) in [4.78, 5) is 4.55. The van der Waals surface area contributed by atoms with Gasteiger partial charge in [0.2, 0.25) is 0 Å². The second-order valence-corrected chi connectivity index (χ2v) is 6.87. The summed E-state index contributed by atoms with van der Waals surface area (Å²) >= 11 is 0. The van der Waals surface area contributed by atoms with Gasteiger partial charge in [-0.2, -0.15) is 0 Å². The van der Waals surface area contributed by atoms with Crippen molar-refractivity contribution in [3.8, 4) is 11.3 Å². The second-order valence-electron chi connectivity index (χ2n) is 6.87. The van der Waals surface area contributed by atoms with Crippen molar-refractivity contribution in [2.45, 2.75) is 26.2 Å². The summed E-state index contributed by atoms with van der Waals surface area (Å²) in [6.07, 6.45) is 1.87. The average molecular weight is 493 g/mol. The molecule has 2 heterocycles. The van der Waals surface area contributed by atoms with E-state index in [0.29, 0.717) is 0 Å². The quantitative estimate of drug-likeness (QED) is 0.317. The Morgan fingerprint density at radius 3 is 2.58 bits per heavy atom. The minimum Gasteiger partial charge on any atom is -0.501 e. The molecule has 0 fully saturated rings. The van der Waals surface area contributed by atoms with Crippen LogP contribution in [0.3, 0.4) is 0 Å². The first kappa shape index (κ1) is 16.9. The summed E-state index contributed by atoms with van der Waals surface area (Å²) < 4.78 is 6.09. The summed E-state index contributed by atoms with van der Waals surface area (Å²) in [5.41, 5.74) is 4.91. The van der Waals surface area contributed by atoms with E-state index in [0.717, 1.165) is 33.2 Å². The van der Waals surface area contributed by atoms with Crippen molar-refractivity contribution in [3.05, 3.63) is 66.4 Å². The number of aromatic nitrogens is 1. The predicted molar refractivity (Wildman–Crippen MR) is 94.5 cm³/mol. The van der Waals surface area contributed by atoms with Gasteiger partial charge >= 0.3 is 0 Å². The molecule has 4 aromatic rings. The van der Waals surface area contributed by atoms with Crippen LogP contribution < -0.4 is 0 Å². The fraction of sp³-hybridized carbons (Fsp3) is 0.190. The molecule has 0 bridgehead atoms. The van der Waals surface area contributed by atoms with Crippen LogP contribution in [-0.4, -0.2) is 4.98 Å². The minimum atomic E-state index is 0. The Morgan fingerprint density at radius 1 is 1.00 bits per heavy atom. The summed E-state index contributed by atoms with van der Waals surface area (Å²) in [5.74, 6) is 0. The van der Waals surface area contributed by atoms with E-state index in [1.807, 2.05) is 30.5 Å². The van der Waals surface area contributed by atoms with E-state index < -0.39 is 0 Å². The second kappa shape index (κ2) is 6.16. The molecule has 0 saturated carbocycles. The fourth-order valence-corrected chi connectivity index (χ4v) is 2.91. The zero-order valence-electron chi connectivity index (χ0n) is 13.9. The van der Waals surface area contributed by atoms with Gasteiger partial charge in [-0.3, -0.25) is 0 Å². The number of furan rings is 1. The van der Waals surface area contributed by atoms with Crippen LogP contribution in [0.2, 0.25) is 0 Å². The van der Waals surface area contributed by atoms with Crippen LogP contribution in [0.4, 0.5) is 0 Å². The molecule has 2 aromatic carbocycles. The van der Waals surface area contributed by atoms with Gasteiger partial charge in [-0.25, -0.2) is 0 Å². The van der Waals surface area contributed by atoms with Gasteiger partial charge in [-0.05, 0) is 28.8 Å². The number of fused-ring (bicyclic) bond motifs is 3. The standard InChI is InChI=1S/C21H18NO.Ir/c1-21(2,3)14-11-12-22-18(13-14)17-9-6-8-16-15-7-4-5-10-19(15)23-20(16)17;/h4-8,10-13H,1-3H3;/q-1;. The molecule has 0 N–H and O–H groups in total. The SMILES string of the molecule is CC(C)(C)c1ccnc(-c2[c-]ccc3c2oc2ccccc23)c1.[Ir]. The zero-order valence-corrected chi connectivity index (χ0v) is 16.3. The predicted octanol–water partition coefficient (Wildman–Crippen LogP) is 5.74. The normalized spacial score (nSPS) is 11.6. The van der Waals surface area contributed by atoms with Gasteiger partial charge in [0.05, 0.1) is 5.58 Å². The van der Waals surface area contributed by atoms with Gasteiger partial charge in [-0.15, -0.1) is 18.2 Å². The number of pyridine rings is 1. The number of nitrogens with zero attached hydrogens (tertiary/aromatic N) is 1. The van der Waals surface area contributed by atoms with Crippen molar-refractivity contribution in [1.29, 1.82) is 0 Å². The molecule has 2 nitrogen and oxygen atoms in total. The minimum absolute atomic E-state index is 0. The van der Waals surface area contributed by atoms with E-state index in [1.165, 1.54) is 5.56 Å². The molecule has 24 heavy (non-hydrogen) atoms. The van der Waals surface area contributed by atoms with Crippen molar-refractivity contribution < 1.29 is 24.5 Å². The maximum Gasteiger partial charge on any atom is 0.120 e. The van der Waals surface area contributed by atoms with E-state index in [1.54, 1.807) is 0 Å². The first-order valence-electron chi connectivity index (χ1n) is 7.83. The number of hydrogen-bond acceptors (Lipinski definition) is 2. The van der Waals surface area contributed by atoms with Crippen LogP contribution in [0.5, 0.6) is 0 Å². The molecule has 0 amide bonds. The fourth-order valence-electron chi connectivity index (χ4n) is 2.91. The third kappa shape index (κ3) is 2.79. The molecule has 0 aliphatic rings. The largest absolute Gasteiger partial charge is 0.501 e. The van der Waals surface area contributed by atoms with Gasteiger partial charge < -0.3 is 9.40 Å². The average Bonchev–Trinajstić information content (AvgIpc) is 2.93. The van der Waals surface area contributed by atoms with Crippen LogP contribution in [0.25, 0.3) is 33.2 Å². The van der Waals surface area contributed by atoms with Crippen molar-refractivity contribution in [2.75, 3.05) is 0 Å². The zero-order chi connectivity index (χ0) is 16.0. The summed E-state index contributed by atoms with van der Waals surface area (Å²) in [7, 11) is 0. The Labute approximate surface area is 155 Å². The monoisotopic (exact) mass is 493 g/mol. The third-order valence-electron chi connectivity index (χ3n) is 4.22. The van der Waals surface area contributed by atoms with Gasteiger partial charge in [0.15, 0.2) is 0 Å². The van der Waals surface area contributed by atoms with Gasteiger partial charge in [-0.1, -0.05) is 56.0 Å². The molecule has 123 valence electrons. The number of benzene rings is 2. The van der Waals surface area contributed by atoms with Crippen molar-refractivity contribution in [1.82, 2.24) is 4.98 Å². The first-order chi connectivity index (χ1) is 11.0. The molecular weight excluding hydrogens is 474 g/mol. The molecule has 0 saturated heterocycles. The van der Waals surface area contributed by atoms with E-state index >= 15 is 0 Å². The number of hydrogen-bond donors (Lipinski definition) is 0. The van der Waals surface area contributed by atoms with Gasteiger partial charge in [0.1, 0.15) is 5.58 Å². The van der Waals surface area contributed by atoms with E-state index in [9.17, 15) is 0 Å². The Hall–Kier alpha value is -1.96. The number of para-hydroxylation sites is 1. The molecule has 0 atom stereocenters. The Morgan fingerprint density at radius 2 is 1.79 bits per heavy atom. The van der Waals surface area contributed by atoms with Crippen molar-refractivity contribution in [3.63, 3.8) is 0 Å². The number of rotatable bonds is 1. The molecule has 1 radical (unpaired) electrons. The van der Waals surface area contributed by atoms with Crippen LogP contribution in [0.1, 0.15) is 26.3 Å². The van der Waals surface area contributed by atoms with E-state index in [2.05, 4.69) is 56.1 Å². The van der Waals surface area contributed by atoms with Gasteiger partial charge in [0, 0.05) is 31.7 Å². The van der Waals surface area contributed by atoms with Crippen LogP contribution in [0.15, 0.2) is 59.1 Å². The smallest absolute Gasteiger partial charge is 0.120 e. The van der Waals surface area contributed by atoms with Crippen molar-refractivity contribution in [2.24, 2.45) is 0 Å². The van der Waals surface area contributed by atoms with E-state index in [-0.39, 0.29) is 25.5 Å². The third-order valence-corrected chi connectivity index (χ3v) is 4.22. The molecule has 0 spiro atoms. The summed E-state index contributed by atoms with van der Waals surface area (Å²) in [6.45, 7) is 6.62. The van der Waals surface area contributed by atoms with Crippen molar-refractivity contribution >= 4 is 21.9 Å². The Kier molecular flexibility index (Phi) is 4.33. The van der Waals surface area contributed by atoms with Crippen LogP contribution >= 0.6 is 0 Å². The summed E-state index contributed by atoms with van der Waals surface area (Å²) in [6, 6.07) is 19.6. The van der Waals surface area contributed by atoms with Crippen LogP contribution in [-0.2, 0) is 25.5 Å². The first-order valence-corrected chi connectivity index (χ1v) is 7.83. The molecule has 2 aromatic heterocycles. The topological polar surface area (TPSA) is 26.0 Å². The summed E-state index contributed by atoms with van der Waals surface area (Å²) in [5, 5.41) is 2.24. The van der Waals surface area contributed by atoms with Gasteiger partial charge in [0.25, 0.3) is 0 Å². The molecule has 0 aliphatic carbocycles. The van der Waals surface area contributed by atoms with E-state index in [4.69, 9.17) is 4.42 Å². The molecular formula is C21H18IrNO-.